The summed E-state index contributed by atoms with van der Waals surface area (Å²) >= 11 is 16.9. The average Bonchev–Trinajstić information content (AvgIpc) is 2.52. The number of amides is 1. The number of alkyl halides is 2. The second-order valence-corrected chi connectivity index (χ2v) is 7.65. The molecule has 0 aliphatic carbocycles. The minimum atomic E-state index is -0.694. The van der Waals surface area contributed by atoms with Gasteiger partial charge in [0.1, 0.15) is 10.2 Å². The highest BCUT2D eigenvalue weighted by Gasteiger charge is 2.21. The lowest BCUT2D eigenvalue weighted by molar-refractivity contribution is 0.0950. The van der Waals surface area contributed by atoms with Crippen LogP contribution in [0.15, 0.2) is 59.1 Å². The van der Waals surface area contributed by atoms with Gasteiger partial charge in [-0.1, -0.05) is 42.5 Å². The van der Waals surface area contributed by atoms with E-state index in [2.05, 4.69) is 21.2 Å². The van der Waals surface area contributed by atoms with E-state index in [1.165, 1.54) is 11.8 Å². The number of thioether (sulfide) groups is 1. The Morgan fingerprint density at radius 3 is 2.36 bits per heavy atom. The highest BCUT2D eigenvalue weighted by molar-refractivity contribution is 9.10. The maximum atomic E-state index is 12.3. The molecule has 0 fully saturated rings. The first-order valence-electron chi connectivity index (χ1n) is 6.57. The smallest absolute Gasteiger partial charge is 0.253 e. The second kappa shape index (κ2) is 8.82. The molecule has 0 aliphatic heterocycles. The normalized spacial score (nSPS) is 12.2. The molecular weight excluding hydrogens is 405 g/mol. The molecular formula is C16H14BrCl2NOS. The van der Waals surface area contributed by atoms with Gasteiger partial charge in [0, 0.05) is 10.2 Å². The fraction of sp³-hybridized carbons (Fsp3) is 0.188. The highest BCUT2D eigenvalue weighted by Crippen LogP contribution is 2.25. The topological polar surface area (TPSA) is 29.1 Å². The molecule has 1 amide bonds. The molecule has 0 saturated heterocycles. The van der Waals surface area contributed by atoms with Gasteiger partial charge >= 0.3 is 0 Å². The molecule has 0 saturated carbocycles. The van der Waals surface area contributed by atoms with E-state index in [1.807, 2.05) is 48.5 Å². The van der Waals surface area contributed by atoms with Gasteiger partial charge in [0.15, 0.2) is 0 Å². The van der Waals surface area contributed by atoms with Crippen LogP contribution in [0.3, 0.4) is 0 Å². The van der Waals surface area contributed by atoms with Gasteiger partial charge in [-0.05, 0) is 33.6 Å². The highest BCUT2D eigenvalue weighted by atomic mass is 79.9. The number of rotatable bonds is 6. The van der Waals surface area contributed by atoms with E-state index >= 15 is 0 Å². The summed E-state index contributed by atoms with van der Waals surface area (Å²) in [6, 6.07) is 17.2. The fourth-order valence-electron chi connectivity index (χ4n) is 1.79. The Labute approximate surface area is 152 Å². The maximum absolute atomic E-state index is 12.3. The van der Waals surface area contributed by atoms with Gasteiger partial charge in [-0.2, -0.15) is 0 Å². The molecule has 2 aromatic rings. The van der Waals surface area contributed by atoms with E-state index in [4.69, 9.17) is 23.2 Å². The summed E-state index contributed by atoms with van der Waals surface area (Å²) in [7, 11) is 0. The quantitative estimate of drug-likeness (QED) is 0.513. The Kier molecular flexibility index (Phi) is 7.09. The number of carbonyl (C=O) groups is 1. The van der Waals surface area contributed by atoms with Crippen LogP contribution >= 0.6 is 50.9 Å². The van der Waals surface area contributed by atoms with Crippen molar-refractivity contribution in [1.82, 2.24) is 5.32 Å². The number of halogens is 3. The van der Waals surface area contributed by atoms with Crippen molar-refractivity contribution in [3.63, 3.8) is 0 Å². The van der Waals surface area contributed by atoms with Crippen LogP contribution in [0.1, 0.15) is 15.9 Å². The zero-order valence-electron chi connectivity index (χ0n) is 11.5. The van der Waals surface area contributed by atoms with E-state index in [9.17, 15) is 4.79 Å². The molecule has 22 heavy (non-hydrogen) atoms. The monoisotopic (exact) mass is 417 g/mol. The fourth-order valence-corrected chi connectivity index (χ4v) is 3.72. The van der Waals surface area contributed by atoms with Gasteiger partial charge in [0.2, 0.25) is 0 Å². The molecule has 2 nitrogen and oxygen atoms in total. The third kappa shape index (κ3) is 5.20. The van der Waals surface area contributed by atoms with E-state index in [1.54, 1.807) is 6.07 Å². The van der Waals surface area contributed by atoms with Crippen LogP contribution < -0.4 is 5.32 Å². The van der Waals surface area contributed by atoms with Gasteiger partial charge in [-0.15, -0.1) is 35.0 Å². The van der Waals surface area contributed by atoms with Crippen molar-refractivity contribution in [2.24, 2.45) is 0 Å². The summed E-state index contributed by atoms with van der Waals surface area (Å²) in [5, 5.41) is 2.49. The molecule has 2 aromatic carbocycles. The molecule has 1 N–H and O–H groups in total. The van der Waals surface area contributed by atoms with Gasteiger partial charge in [0.05, 0.1) is 5.56 Å². The van der Waals surface area contributed by atoms with E-state index in [0.717, 1.165) is 15.8 Å². The van der Waals surface area contributed by atoms with Crippen LogP contribution in [0.4, 0.5) is 0 Å². The van der Waals surface area contributed by atoms with Crippen molar-refractivity contribution in [3.05, 3.63) is 70.2 Å². The summed E-state index contributed by atoms with van der Waals surface area (Å²) in [6.07, 6.45) is 0. The average molecular weight is 419 g/mol. The summed E-state index contributed by atoms with van der Waals surface area (Å²) < 4.78 is 0.736. The van der Waals surface area contributed by atoms with Crippen molar-refractivity contribution >= 4 is 56.8 Å². The molecule has 1 unspecified atom stereocenters. The third-order valence-electron chi connectivity index (χ3n) is 2.89. The number of carbonyl (C=O) groups excluding carboxylic acids is 1. The van der Waals surface area contributed by atoms with Crippen LogP contribution in [0.5, 0.6) is 0 Å². The lowest BCUT2D eigenvalue weighted by Gasteiger charge is -2.19. The minimum Gasteiger partial charge on any atom is -0.337 e. The molecule has 0 aliphatic rings. The summed E-state index contributed by atoms with van der Waals surface area (Å²) in [5.74, 6) is 0.516. The standard InChI is InChI=1S/C16H14BrCl2NOS/c17-13-9-5-4-8-12(13)15(21)20-16(14(18)19)22-10-11-6-2-1-3-7-11/h1-9,14,16H,10H2,(H,20,21). The molecule has 2 rings (SSSR count). The summed E-state index contributed by atoms with van der Waals surface area (Å²) in [5.41, 5.74) is 1.71. The Balaban J connectivity index is 2.00. The van der Waals surface area contributed by atoms with Crippen molar-refractivity contribution in [3.8, 4) is 0 Å². The Morgan fingerprint density at radius 2 is 1.73 bits per heavy atom. The number of hydrogen-bond donors (Lipinski definition) is 1. The first-order valence-corrected chi connectivity index (χ1v) is 9.28. The van der Waals surface area contributed by atoms with Gasteiger partial charge in [-0.3, -0.25) is 4.79 Å². The van der Waals surface area contributed by atoms with Crippen molar-refractivity contribution in [2.75, 3.05) is 0 Å². The number of nitrogens with one attached hydrogen (secondary N) is 1. The van der Waals surface area contributed by atoms with Gasteiger partial charge in [-0.25, -0.2) is 0 Å². The first kappa shape index (κ1) is 17.7. The molecule has 116 valence electrons. The summed E-state index contributed by atoms with van der Waals surface area (Å²) in [4.78, 5) is 11.6. The van der Waals surface area contributed by atoms with Crippen LogP contribution in [0.25, 0.3) is 0 Å². The second-order valence-electron chi connectivity index (χ2n) is 4.50. The van der Waals surface area contributed by atoms with E-state index < -0.39 is 4.84 Å². The number of benzene rings is 2. The zero-order valence-corrected chi connectivity index (χ0v) is 15.4. The lowest BCUT2D eigenvalue weighted by Crippen LogP contribution is -2.37. The van der Waals surface area contributed by atoms with Crippen LogP contribution in [0, 0.1) is 0 Å². The third-order valence-corrected chi connectivity index (χ3v) is 5.64. The van der Waals surface area contributed by atoms with Crippen molar-refractivity contribution in [2.45, 2.75) is 16.0 Å². The maximum Gasteiger partial charge on any atom is 0.253 e. The number of hydrogen-bond acceptors (Lipinski definition) is 2. The zero-order chi connectivity index (χ0) is 15.9. The molecule has 0 bridgehead atoms. The minimum absolute atomic E-state index is 0.204. The molecule has 1 atom stereocenters. The predicted molar refractivity (Wildman–Crippen MR) is 98.6 cm³/mol. The first-order chi connectivity index (χ1) is 10.6. The summed E-state index contributed by atoms with van der Waals surface area (Å²) in [6.45, 7) is 0. The van der Waals surface area contributed by atoms with Crippen LogP contribution in [0.2, 0.25) is 0 Å². The molecule has 0 heterocycles. The van der Waals surface area contributed by atoms with Crippen molar-refractivity contribution in [1.29, 1.82) is 0 Å². The van der Waals surface area contributed by atoms with Crippen molar-refractivity contribution < 1.29 is 4.79 Å². The molecule has 6 heteroatoms. The van der Waals surface area contributed by atoms with E-state index in [-0.39, 0.29) is 11.3 Å². The molecule has 0 spiro atoms. The Bertz CT molecular complexity index is 625. The van der Waals surface area contributed by atoms with Gasteiger partial charge in [0.25, 0.3) is 5.91 Å². The Hall–Kier alpha value is -0.680. The predicted octanol–water partition coefficient (Wildman–Crippen LogP) is 5.24. The largest absolute Gasteiger partial charge is 0.337 e. The van der Waals surface area contributed by atoms with Crippen LogP contribution in [-0.2, 0) is 5.75 Å². The molecule has 0 radical (unpaired) electrons. The Morgan fingerprint density at radius 1 is 1.09 bits per heavy atom. The SMILES string of the molecule is O=C(NC(SCc1ccccc1)C(Cl)Cl)c1ccccc1Br. The van der Waals surface area contributed by atoms with Gasteiger partial charge < -0.3 is 5.32 Å². The van der Waals surface area contributed by atoms with Crippen LogP contribution in [-0.4, -0.2) is 16.1 Å². The van der Waals surface area contributed by atoms with E-state index in [0.29, 0.717) is 5.56 Å². The molecule has 0 aromatic heterocycles. The lowest BCUT2D eigenvalue weighted by atomic mass is 10.2.